The highest BCUT2D eigenvalue weighted by atomic mass is 32.2. The number of methoxy groups -OCH3 is 1. The first-order valence-corrected chi connectivity index (χ1v) is 12.2. The van der Waals surface area contributed by atoms with Crippen LogP contribution < -0.4 is 14.8 Å². The second-order valence-corrected chi connectivity index (χ2v) is 9.40. The summed E-state index contributed by atoms with van der Waals surface area (Å²) in [5.74, 6) is -0.590. The van der Waals surface area contributed by atoms with Crippen LogP contribution in [0.15, 0.2) is 65.6 Å². The molecule has 1 fully saturated rings. The Kier molecular flexibility index (Phi) is 7.93. The number of nitrogens with one attached hydrogen (secondary N) is 1. The highest BCUT2D eigenvalue weighted by Gasteiger charge is 2.35. The summed E-state index contributed by atoms with van der Waals surface area (Å²) in [5.41, 5.74) is 3.74. The average Bonchev–Trinajstić information content (AvgIpc) is 3.13. The van der Waals surface area contributed by atoms with E-state index in [9.17, 15) is 18.8 Å². The standard InChI is InChI=1S/C28H25FN2O5S/c1-17-8-10-21(12-18(17)2)30-26(32)16-36-23-11-9-19(13-24(23)35-3)14-25-27(33)31(28(34)37-25)15-20-6-4-5-7-22(20)29/h4-14H,15-16H2,1-3H3,(H,30,32)/b25-14-. The van der Waals surface area contributed by atoms with Crippen molar-refractivity contribution < 1.29 is 28.2 Å². The van der Waals surface area contributed by atoms with Gasteiger partial charge in [0.25, 0.3) is 17.1 Å². The number of benzene rings is 3. The van der Waals surface area contributed by atoms with Crippen LogP contribution in [0.2, 0.25) is 0 Å². The number of amides is 3. The van der Waals surface area contributed by atoms with Gasteiger partial charge in [0.2, 0.25) is 0 Å². The topological polar surface area (TPSA) is 84.9 Å². The van der Waals surface area contributed by atoms with Crippen molar-refractivity contribution in [3.8, 4) is 11.5 Å². The van der Waals surface area contributed by atoms with Gasteiger partial charge in [-0.2, -0.15) is 0 Å². The molecule has 4 rings (SSSR count). The molecule has 190 valence electrons. The molecule has 3 amide bonds. The molecule has 1 N–H and O–H groups in total. The first-order chi connectivity index (χ1) is 17.7. The maximum absolute atomic E-state index is 14.0. The van der Waals surface area contributed by atoms with Crippen molar-refractivity contribution in [2.75, 3.05) is 19.0 Å². The number of imide groups is 1. The van der Waals surface area contributed by atoms with Crippen LogP contribution >= 0.6 is 11.8 Å². The van der Waals surface area contributed by atoms with Gasteiger partial charge in [-0.1, -0.05) is 30.3 Å². The van der Waals surface area contributed by atoms with E-state index in [0.29, 0.717) is 22.7 Å². The summed E-state index contributed by atoms with van der Waals surface area (Å²) in [5, 5.41) is 2.33. The van der Waals surface area contributed by atoms with E-state index in [4.69, 9.17) is 9.47 Å². The zero-order valence-corrected chi connectivity index (χ0v) is 21.4. The molecular formula is C28H25FN2O5S. The number of nitrogens with zero attached hydrogens (tertiary/aromatic N) is 1. The van der Waals surface area contributed by atoms with E-state index in [0.717, 1.165) is 27.8 Å². The Bertz CT molecular complexity index is 1410. The molecule has 0 radical (unpaired) electrons. The van der Waals surface area contributed by atoms with Crippen LogP contribution in [0.3, 0.4) is 0 Å². The normalized spacial score (nSPS) is 14.3. The number of carbonyl (C=O) groups is 3. The minimum Gasteiger partial charge on any atom is -0.493 e. The molecule has 0 spiro atoms. The zero-order chi connectivity index (χ0) is 26.5. The Morgan fingerprint density at radius 2 is 1.81 bits per heavy atom. The lowest BCUT2D eigenvalue weighted by molar-refractivity contribution is -0.123. The highest BCUT2D eigenvalue weighted by Crippen LogP contribution is 2.35. The summed E-state index contributed by atoms with van der Waals surface area (Å²) < 4.78 is 25.0. The number of halogens is 1. The third-order valence-corrected chi connectivity index (χ3v) is 6.70. The smallest absolute Gasteiger partial charge is 0.293 e. The number of aryl methyl sites for hydroxylation is 2. The Morgan fingerprint density at radius 1 is 1.03 bits per heavy atom. The van der Waals surface area contributed by atoms with E-state index in [1.807, 2.05) is 32.0 Å². The summed E-state index contributed by atoms with van der Waals surface area (Å²) in [7, 11) is 1.46. The summed E-state index contributed by atoms with van der Waals surface area (Å²) in [4.78, 5) is 38.8. The van der Waals surface area contributed by atoms with Crippen LogP contribution in [0.25, 0.3) is 6.08 Å². The van der Waals surface area contributed by atoms with Crippen molar-refractivity contribution in [3.63, 3.8) is 0 Å². The molecule has 9 heteroatoms. The predicted octanol–water partition coefficient (Wildman–Crippen LogP) is 5.71. The largest absolute Gasteiger partial charge is 0.493 e. The summed E-state index contributed by atoms with van der Waals surface area (Å²) in [6, 6.07) is 16.6. The highest BCUT2D eigenvalue weighted by molar-refractivity contribution is 8.18. The predicted molar refractivity (Wildman–Crippen MR) is 141 cm³/mol. The number of hydrogen-bond acceptors (Lipinski definition) is 6. The van der Waals surface area contributed by atoms with E-state index >= 15 is 0 Å². The van der Waals surface area contributed by atoms with Crippen molar-refractivity contribution >= 4 is 40.6 Å². The van der Waals surface area contributed by atoms with E-state index in [2.05, 4.69) is 5.32 Å². The molecule has 1 saturated heterocycles. The number of thioether (sulfide) groups is 1. The van der Waals surface area contributed by atoms with Crippen molar-refractivity contribution in [1.29, 1.82) is 0 Å². The number of ether oxygens (including phenoxy) is 2. The summed E-state index contributed by atoms with van der Waals surface area (Å²) >= 11 is 0.787. The van der Waals surface area contributed by atoms with Crippen LogP contribution in [0, 0.1) is 19.7 Å². The lowest BCUT2D eigenvalue weighted by atomic mass is 10.1. The Morgan fingerprint density at radius 3 is 2.54 bits per heavy atom. The van der Waals surface area contributed by atoms with Gasteiger partial charge in [0.1, 0.15) is 5.82 Å². The average molecular weight is 521 g/mol. The molecule has 3 aromatic carbocycles. The van der Waals surface area contributed by atoms with E-state index in [1.54, 1.807) is 36.4 Å². The molecular weight excluding hydrogens is 495 g/mol. The fourth-order valence-corrected chi connectivity index (χ4v) is 4.48. The quantitative estimate of drug-likeness (QED) is 0.383. The number of hydrogen-bond donors (Lipinski definition) is 1. The molecule has 0 unspecified atom stereocenters. The lowest BCUT2D eigenvalue weighted by Gasteiger charge is -2.13. The number of carbonyl (C=O) groups excluding carboxylic acids is 3. The Balaban J connectivity index is 1.42. The second kappa shape index (κ2) is 11.3. The monoisotopic (exact) mass is 520 g/mol. The first kappa shape index (κ1) is 26.0. The van der Waals surface area contributed by atoms with Gasteiger partial charge in [0.05, 0.1) is 18.6 Å². The molecule has 1 aliphatic heterocycles. The fraction of sp³-hybridized carbons (Fsp3) is 0.179. The first-order valence-electron chi connectivity index (χ1n) is 11.4. The van der Waals surface area contributed by atoms with E-state index in [-0.39, 0.29) is 29.5 Å². The minimum absolute atomic E-state index is 0.144. The van der Waals surface area contributed by atoms with Crippen molar-refractivity contribution in [2.45, 2.75) is 20.4 Å². The summed E-state index contributed by atoms with van der Waals surface area (Å²) in [6.45, 7) is 3.60. The van der Waals surface area contributed by atoms with Gasteiger partial charge in [-0.05, 0) is 78.7 Å². The van der Waals surface area contributed by atoms with E-state index in [1.165, 1.54) is 19.2 Å². The molecule has 37 heavy (non-hydrogen) atoms. The van der Waals surface area contributed by atoms with Crippen molar-refractivity contribution in [2.24, 2.45) is 0 Å². The van der Waals surface area contributed by atoms with Gasteiger partial charge in [-0.15, -0.1) is 0 Å². The SMILES string of the molecule is COc1cc(/C=C2\SC(=O)N(Cc3ccccc3F)C2=O)ccc1OCC(=O)Nc1ccc(C)c(C)c1. The van der Waals surface area contributed by atoms with Crippen molar-refractivity contribution in [3.05, 3.63) is 93.6 Å². The maximum atomic E-state index is 14.0. The van der Waals surface area contributed by atoms with Gasteiger partial charge in [0.15, 0.2) is 18.1 Å². The second-order valence-electron chi connectivity index (χ2n) is 8.41. The summed E-state index contributed by atoms with van der Waals surface area (Å²) in [6.07, 6.45) is 1.56. The third kappa shape index (κ3) is 6.18. The molecule has 0 aliphatic carbocycles. The lowest BCUT2D eigenvalue weighted by Crippen LogP contribution is -2.27. The number of anilines is 1. The molecule has 7 nitrogen and oxygen atoms in total. The maximum Gasteiger partial charge on any atom is 0.293 e. The van der Waals surface area contributed by atoms with Crippen LogP contribution in [0.5, 0.6) is 11.5 Å². The Labute approximate surface area is 218 Å². The van der Waals surface area contributed by atoms with E-state index < -0.39 is 17.0 Å². The molecule has 0 saturated carbocycles. The van der Waals surface area contributed by atoms with Gasteiger partial charge in [-0.25, -0.2) is 4.39 Å². The Hall–Kier alpha value is -4.11. The molecule has 1 heterocycles. The number of rotatable bonds is 8. The van der Waals surface area contributed by atoms with Crippen LogP contribution in [-0.2, 0) is 16.1 Å². The zero-order valence-electron chi connectivity index (χ0n) is 20.5. The van der Waals surface area contributed by atoms with Crippen LogP contribution in [0.4, 0.5) is 14.9 Å². The van der Waals surface area contributed by atoms with Crippen LogP contribution in [0.1, 0.15) is 22.3 Å². The van der Waals surface area contributed by atoms with Crippen LogP contribution in [-0.4, -0.2) is 35.7 Å². The molecule has 3 aromatic rings. The van der Waals surface area contributed by atoms with Gasteiger partial charge >= 0.3 is 0 Å². The molecule has 0 aromatic heterocycles. The molecule has 1 aliphatic rings. The van der Waals surface area contributed by atoms with Gasteiger partial charge in [0, 0.05) is 11.3 Å². The third-order valence-electron chi connectivity index (χ3n) is 5.79. The van der Waals surface area contributed by atoms with Crippen molar-refractivity contribution in [1.82, 2.24) is 4.90 Å². The fourth-order valence-electron chi connectivity index (χ4n) is 3.64. The molecule has 0 bridgehead atoms. The minimum atomic E-state index is -0.499. The van der Waals surface area contributed by atoms with Gasteiger partial charge < -0.3 is 14.8 Å². The molecule has 0 atom stereocenters. The van der Waals surface area contributed by atoms with Gasteiger partial charge in [-0.3, -0.25) is 19.3 Å².